The van der Waals surface area contributed by atoms with Gasteiger partial charge in [0.25, 0.3) is 0 Å². The quantitative estimate of drug-likeness (QED) is 0.365. The van der Waals surface area contributed by atoms with Crippen molar-refractivity contribution in [3.63, 3.8) is 0 Å². The van der Waals surface area contributed by atoms with Crippen LogP contribution in [-0.2, 0) is 0 Å². The lowest BCUT2D eigenvalue weighted by atomic mass is 10.1. The van der Waals surface area contributed by atoms with E-state index in [-0.39, 0.29) is 0 Å². The predicted octanol–water partition coefficient (Wildman–Crippen LogP) is 2.44. The van der Waals surface area contributed by atoms with Crippen LogP contribution in [0.4, 0.5) is 0 Å². The van der Waals surface area contributed by atoms with Crippen LogP contribution < -0.4 is 0 Å². The molecule has 2 nitrogen and oxygen atoms in total. The zero-order valence-electron chi connectivity index (χ0n) is 6.83. The van der Waals surface area contributed by atoms with Gasteiger partial charge in [0.1, 0.15) is 0 Å². The summed E-state index contributed by atoms with van der Waals surface area (Å²) in [6.07, 6.45) is 4.98. The fraction of sp³-hybridized carbons (Fsp3) is 0.625. The Kier molecular flexibility index (Phi) is 4.63. The lowest BCUT2D eigenvalue weighted by Gasteiger charge is -1.97. The van der Waals surface area contributed by atoms with E-state index in [1.807, 2.05) is 12.2 Å². The Bertz CT molecular complexity index is 138. The van der Waals surface area contributed by atoms with Crippen LogP contribution >= 0.6 is 0 Å². The average molecular weight is 141 g/mol. The topological polar surface area (TPSA) is 32.6 Å². The van der Waals surface area contributed by atoms with Crippen LogP contribution in [0.25, 0.3) is 0 Å². The van der Waals surface area contributed by atoms with Crippen molar-refractivity contribution in [2.45, 2.75) is 27.2 Å². The first kappa shape index (κ1) is 9.21. The molecule has 0 fully saturated rings. The Balaban J connectivity index is 3.75. The number of oxime groups is 1. The highest BCUT2D eigenvalue weighted by Crippen LogP contribution is 2.01. The smallest absolute Gasteiger partial charge is 0.0761 e. The lowest BCUT2D eigenvalue weighted by molar-refractivity contribution is 0.319. The molecule has 0 bridgehead atoms. The summed E-state index contributed by atoms with van der Waals surface area (Å²) in [5.41, 5.74) is 0.653. The minimum Gasteiger partial charge on any atom is -0.411 e. The molecule has 0 aromatic heterocycles. The molecule has 0 aromatic rings. The van der Waals surface area contributed by atoms with E-state index in [4.69, 9.17) is 5.21 Å². The maximum absolute atomic E-state index is 8.26. The van der Waals surface area contributed by atoms with Crippen molar-refractivity contribution in [3.8, 4) is 0 Å². The van der Waals surface area contributed by atoms with E-state index in [1.54, 1.807) is 6.92 Å². The van der Waals surface area contributed by atoms with Crippen molar-refractivity contribution in [2.75, 3.05) is 0 Å². The second-order valence-electron chi connectivity index (χ2n) is 2.49. The fourth-order valence-corrected chi connectivity index (χ4v) is 0.473. The second-order valence-corrected chi connectivity index (χ2v) is 2.49. The summed E-state index contributed by atoms with van der Waals surface area (Å²) in [5, 5.41) is 11.3. The van der Waals surface area contributed by atoms with Crippen LogP contribution in [-0.4, -0.2) is 10.9 Å². The Morgan fingerprint density at radius 1 is 1.70 bits per heavy atom. The summed E-state index contributed by atoms with van der Waals surface area (Å²) in [7, 11) is 0. The standard InChI is InChI=1S/C8H15NO/c1-4-7(2)5-6-8(3)9-10/h5-7,10H,4H2,1-3H3. The summed E-state index contributed by atoms with van der Waals surface area (Å²) in [4.78, 5) is 0. The Morgan fingerprint density at radius 3 is 2.70 bits per heavy atom. The molecule has 10 heavy (non-hydrogen) atoms. The zero-order valence-corrected chi connectivity index (χ0v) is 6.83. The van der Waals surface area contributed by atoms with E-state index < -0.39 is 0 Å². The summed E-state index contributed by atoms with van der Waals surface area (Å²) >= 11 is 0. The van der Waals surface area contributed by atoms with E-state index in [1.165, 1.54) is 0 Å². The lowest BCUT2D eigenvalue weighted by Crippen LogP contribution is -1.88. The molecule has 0 saturated heterocycles. The number of allylic oxidation sites excluding steroid dienone is 2. The highest BCUT2D eigenvalue weighted by atomic mass is 16.4. The summed E-state index contributed by atoms with van der Waals surface area (Å²) in [6.45, 7) is 6.01. The maximum Gasteiger partial charge on any atom is 0.0761 e. The van der Waals surface area contributed by atoms with Crippen LogP contribution in [0, 0.1) is 5.92 Å². The molecule has 0 heterocycles. The Morgan fingerprint density at radius 2 is 2.30 bits per heavy atom. The normalized spacial score (nSPS) is 16.1. The van der Waals surface area contributed by atoms with Crippen LogP contribution in [0.2, 0.25) is 0 Å². The molecule has 0 aromatic carbocycles. The Hall–Kier alpha value is -0.790. The van der Waals surface area contributed by atoms with Gasteiger partial charge in [0.05, 0.1) is 5.71 Å². The number of hydrogen-bond acceptors (Lipinski definition) is 2. The maximum atomic E-state index is 8.26. The molecule has 0 saturated carbocycles. The molecule has 58 valence electrons. The molecule has 0 aliphatic heterocycles. The van der Waals surface area contributed by atoms with Gasteiger partial charge >= 0.3 is 0 Å². The monoisotopic (exact) mass is 141 g/mol. The number of rotatable bonds is 3. The average Bonchev–Trinajstić information content (AvgIpc) is 1.99. The van der Waals surface area contributed by atoms with Gasteiger partial charge in [-0.2, -0.15) is 0 Å². The van der Waals surface area contributed by atoms with Gasteiger partial charge in [-0.3, -0.25) is 0 Å². The summed E-state index contributed by atoms with van der Waals surface area (Å²) in [6, 6.07) is 0. The number of hydrogen-bond donors (Lipinski definition) is 1. The predicted molar refractivity (Wildman–Crippen MR) is 43.5 cm³/mol. The molecule has 0 rings (SSSR count). The van der Waals surface area contributed by atoms with Crippen LogP contribution in [0.3, 0.4) is 0 Å². The second kappa shape index (κ2) is 5.03. The molecule has 2 heteroatoms. The summed E-state index contributed by atoms with van der Waals surface area (Å²) in [5.74, 6) is 0.566. The van der Waals surface area contributed by atoms with Gasteiger partial charge in [0, 0.05) is 0 Å². The molecular weight excluding hydrogens is 126 g/mol. The third kappa shape index (κ3) is 4.13. The van der Waals surface area contributed by atoms with Gasteiger partial charge in [-0.05, 0) is 18.9 Å². The largest absolute Gasteiger partial charge is 0.411 e. The van der Waals surface area contributed by atoms with Gasteiger partial charge < -0.3 is 5.21 Å². The van der Waals surface area contributed by atoms with E-state index in [0.717, 1.165) is 6.42 Å². The van der Waals surface area contributed by atoms with Gasteiger partial charge in [-0.1, -0.05) is 31.5 Å². The molecule has 0 aliphatic rings. The minimum atomic E-state index is 0.566. The van der Waals surface area contributed by atoms with Crippen molar-refractivity contribution in [2.24, 2.45) is 11.1 Å². The third-order valence-electron chi connectivity index (χ3n) is 1.47. The van der Waals surface area contributed by atoms with Gasteiger partial charge in [0.15, 0.2) is 0 Å². The molecule has 0 spiro atoms. The molecule has 0 amide bonds. The van der Waals surface area contributed by atoms with Crippen LogP contribution in [0.15, 0.2) is 17.3 Å². The molecule has 1 unspecified atom stereocenters. The first-order valence-electron chi connectivity index (χ1n) is 3.57. The first-order chi connectivity index (χ1) is 4.70. The molecule has 1 N–H and O–H groups in total. The zero-order chi connectivity index (χ0) is 7.98. The number of nitrogens with zero attached hydrogens (tertiary/aromatic N) is 1. The van der Waals surface area contributed by atoms with Crippen molar-refractivity contribution in [1.82, 2.24) is 0 Å². The molecule has 0 radical (unpaired) electrons. The molecule has 1 atom stereocenters. The highest BCUT2D eigenvalue weighted by Gasteiger charge is 1.90. The molecule has 0 aliphatic carbocycles. The van der Waals surface area contributed by atoms with Crippen LogP contribution in [0.1, 0.15) is 27.2 Å². The first-order valence-corrected chi connectivity index (χ1v) is 3.57. The van der Waals surface area contributed by atoms with Gasteiger partial charge in [-0.25, -0.2) is 0 Å². The van der Waals surface area contributed by atoms with E-state index in [2.05, 4.69) is 19.0 Å². The minimum absolute atomic E-state index is 0.566. The fourth-order valence-electron chi connectivity index (χ4n) is 0.473. The van der Waals surface area contributed by atoms with Gasteiger partial charge in [0.2, 0.25) is 0 Å². The van der Waals surface area contributed by atoms with Crippen molar-refractivity contribution in [1.29, 1.82) is 0 Å². The van der Waals surface area contributed by atoms with Crippen molar-refractivity contribution >= 4 is 5.71 Å². The highest BCUT2D eigenvalue weighted by molar-refractivity contribution is 5.92. The van der Waals surface area contributed by atoms with E-state index >= 15 is 0 Å². The van der Waals surface area contributed by atoms with Crippen molar-refractivity contribution in [3.05, 3.63) is 12.2 Å². The van der Waals surface area contributed by atoms with E-state index in [0.29, 0.717) is 11.6 Å². The SMILES string of the molecule is CCC(C)C=CC(C)=NO. The Labute approximate surface area is 62.2 Å². The van der Waals surface area contributed by atoms with Gasteiger partial charge in [-0.15, -0.1) is 0 Å². The summed E-state index contributed by atoms with van der Waals surface area (Å²) < 4.78 is 0. The third-order valence-corrected chi connectivity index (χ3v) is 1.47. The van der Waals surface area contributed by atoms with Crippen LogP contribution in [0.5, 0.6) is 0 Å². The van der Waals surface area contributed by atoms with Crippen molar-refractivity contribution < 1.29 is 5.21 Å². The molecular formula is C8H15NO. The van der Waals surface area contributed by atoms with E-state index in [9.17, 15) is 0 Å².